The molecule has 0 amide bonds. The number of nitrogens with zero attached hydrogens (tertiary/aromatic N) is 3. The highest BCUT2D eigenvalue weighted by atomic mass is 127. The van der Waals surface area contributed by atoms with Crippen molar-refractivity contribution >= 4 is 61.6 Å². The molecular weight excluding hydrogens is 637 g/mol. The van der Waals surface area contributed by atoms with Crippen LogP contribution in [-0.2, 0) is 6.61 Å². The van der Waals surface area contributed by atoms with E-state index in [4.69, 9.17) is 14.8 Å². The summed E-state index contributed by atoms with van der Waals surface area (Å²) in [4.78, 5) is 29.0. The Kier molecular flexibility index (Phi) is 8.20. The maximum Gasteiger partial charge on any atom is 0.335 e. The van der Waals surface area contributed by atoms with Gasteiger partial charge in [-0.1, -0.05) is 41.9 Å². The van der Waals surface area contributed by atoms with Gasteiger partial charge in [-0.15, -0.1) is 0 Å². The third-order valence-corrected chi connectivity index (χ3v) is 7.10. The standard InChI is InChI=1S/C27H23BrIN3O4/c1-3-16(2)25-31-23-10-9-20(28)13-21(23)26(33)32(25)30-14-18-6-11-24(22(29)12-18)36-15-17-4-7-19(8-5-17)27(34)35/h4-14,16H,3,15H2,1-2H3,(H,34,35)/t16-/m1/s1. The average molecular weight is 660 g/mol. The van der Waals surface area contributed by atoms with Crippen molar-refractivity contribution < 1.29 is 14.6 Å². The van der Waals surface area contributed by atoms with E-state index in [0.29, 0.717) is 29.1 Å². The van der Waals surface area contributed by atoms with Crippen LogP contribution >= 0.6 is 38.5 Å². The van der Waals surface area contributed by atoms with Crippen LogP contribution < -0.4 is 10.3 Å². The first-order valence-electron chi connectivity index (χ1n) is 11.3. The van der Waals surface area contributed by atoms with E-state index >= 15 is 0 Å². The minimum absolute atomic E-state index is 0.0587. The monoisotopic (exact) mass is 659 g/mol. The molecule has 0 saturated heterocycles. The molecule has 0 saturated carbocycles. The maximum atomic E-state index is 13.3. The first kappa shape index (κ1) is 26.0. The lowest BCUT2D eigenvalue weighted by atomic mass is 10.1. The van der Waals surface area contributed by atoms with Crippen LogP contribution in [0.1, 0.15) is 53.5 Å². The number of halogens is 2. The van der Waals surface area contributed by atoms with Crippen LogP contribution in [0.15, 0.2) is 75.0 Å². The van der Waals surface area contributed by atoms with Gasteiger partial charge < -0.3 is 9.84 Å². The van der Waals surface area contributed by atoms with Crippen LogP contribution in [0.2, 0.25) is 0 Å². The van der Waals surface area contributed by atoms with E-state index in [1.54, 1.807) is 36.5 Å². The van der Waals surface area contributed by atoms with Gasteiger partial charge in [-0.25, -0.2) is 9.78 Å². The van der Waals surface area contributed by atoms with Crippen molar-refractivity contribution in [3.63, 3.8) is 0 Å². The molecule has 0 radical (unpaired) electrons. The molecule has 0 aliphatic heterocycles. The van der Waals surface area contributed by atoms with Gasteiger partial charge >= 0.3 is 5.97 Å². The van der Waals surface area contributed by atoms with Crippen LogP contribution in [0.4, 0.5) is 0 Å². The largest absolute Gasteiger partial charge is 0.488 e. The molecule has 0 unspecified atom stereocenters. The van der Waals surface area contributed by atoms with Gasteiger partial charge in [0.15, 0.2) is 0 Å². The minimum atomic E-state index is -0.958. The summed E-state index contributed by atoms with van der Waals surface area (Å²) >= 11 is 5.62. The number of aromatic nitrogens is 2. The van der Waals surface area contributed by atoms with E-state index in [1.165, 1.54) is 4.68 Å². The number of carboxylic acid groups (broad SMARTS) is 1. The molecule has 4 rings (SSSR count). The van der Waals surface area contributed by atoms with Gasteiger partial charge in [0.1, 0.15) is 18.2 Å². The Morgan fingerprint density at radius 3 is 2.61 bits per heavy atom. The first-order chi connectivity index (χ1) is 17.3. The first-order valence-corrected chi connectivity index (χ1v) is 13.1. The summed E-state index contributed by atoms with van der Waals surface area (Å²) in [5.74, 6) is 0.422. The molecule has 0 fully saturated rings. The summed E-state index contributed by atoms with van der Waals surface area (Å²) in [6.07, 6.45) is 2.47. The molecule has 4 aromatic rings. The second-order valence-corrected chi connectivity index (χ2v) is 10.4. The minimum Gasteiger partial charge on any atom is -0.488 e. The summed E-state index contributed by atoms with van der Waals surface area (Å²) in [6.45, 7) is 4.40. The fourth-order valence-electron chi connectivity index (χ4n) is 3.52. The molecule has 184 valence electrons. The van der Waals surface area contributed by atoms with Gasteiger partial charge in [0.25, 0.3) is 5.56 Å². The average Bonchev–Trinajstić information content (AvgIpc) is 2.87. The number of hydrogen-bond donors (Lipinski definition) is 1. The second kappa shape index (κ2) is 11.3. The van der Waals surface area contributed by atoms with Crippen LogP contribution in [0, 0.1) is 3.57 Å². The van der Waals surface area contributed by atoms with Crippen molar-refractivity contribution in [3.8, 4) is 5.75 Å². The summed E-state index contributed by atoms with van der Waals surface area (Å²) in [5.41, 5.74) is 2.36. The lowest BCUT2D eigenvalue weighted by molar-refractivity contribution is 0.0697. The van der Waals surface area contributed by atoms with Crippen LogP contribution in [-0.4, -0.2) is 27.0 Å². The highest BCUT2D eigenvalue weighted by Gasteiger charge is 2.15. The predicted molar refractivity (Wildman–Crippen MR) is 152 cm³/mol. The molecular formula is C27H23BrIN3O4. The zero-order chi connectivity index (χ0) is 25.8. The van der Waals surface area contributed by atoms with E-state index in [-0.39, 0.29) is 17.0 Å². The van der Waals surface area contributed by atoms with Gasteiger partial charge in [-0.05, 0) is 88.7 Å². The number of carbonyl (C=O) groups is 1. The molecule has 1 N–H and O–H groups in total. The van der Waals surface area contributed by atoms with Crippen molar-refractivity contribution in [2.45, 2.75) is 32.8 Å². The maximum absolute atomic E-state index is 13.3. The van der Waals surface area contributed by atoms with Crippen molar-refractivity contribution in [2.75, 3.05) is 0 Å². The smallest absolute Gasteiger partial charge is 0.335 e. The summed E-state index contributed by atoms with van der Waals surface area (Å²) in [6, 6.07) is 17.7. The van der Waals surface area contributed by atoms with E-state index in [1.807, 2.05) is 37.3 Å². The van der Waals surface area contributed by atoms with Gasteiger partial charge in [0, 0.05) is 10.4 Å². The molecule has 1 heterocycles. The molecule has 0 aliphatic carbocycles. The molecule has 9 heteroatoms. The quantitative estimate of drug-likeness (QED) is 0.174. The highest BCUT2D eigenvalue weighted by molar-refractivity contribution is 14.1. The third kappa shape index (κ3) is 5.84. The number of carboxylic acids is 1. The second-order valence-electron chi connectivity index (χ2n) is 8.28. The SMILES string of the molecule is CC[C@@H](C)c1nc2ccc(Br)cc2c(=O)n1N=Cc1ccc(OCc2ccc(C(=O)O)cc2)c(I)c1. The number of hydrogen-bond acceptors (Lipinski definition) is 5. The Bertz CT molecular complexity index is 1520. The zero-order valence-electron chi connectivity index (χ0n) is 19.6. The van der Waals surface area contributed by atoms with Crippen LogP contribution in [0.3, 0.4) is 0 Å². The Balaban J connectivity index is 1.58. The van der Waals surface area contributed by atoms with E-state index in [9.17, 15) is 9.59 Å². The number of aromatic carboxylic acids is 1. The molecule has 7 nitrogen and oxygen atoms in total. The van der Waals surface area contributed by atoms with Crippen molar-refractivity contribution in [1.82, 2.24) is 9.66 Å². The fraction of sp³-hybridized carbons (Fsp3) is 0.185. The van der Waals surface area contributed by atoms with Crippen LogP contribution in [0.25, 0.3) is 10.9 Å². The van der Waals surface area contributed by atoms with Crippen molar-refractivity contribution in [2.24, 2.45) is 5.10 Å². The fourth-order valence-corrected chi connectivity index (χ4v) is 4.58. The molecule has 0 spiro atoms. The molecule has 3 aromatic carbocycles. The number of benzene rings is 3. The molecule has 1 atom stereocenters. The van der Waals surface area contributed by atoms with E-state index in [0.717, 1.165) is 25.6 Å². The molecule has 0 bridgehead atoms. The normalized spacial score (nSPS) is 12.2. The Morgan fingerprint density at radius 2 is 1.94 bits per heavy atom. The van der Waals surface area contributed by atoms with Gasteiger partial charge in [0.2, 0.25) is 0 Å². The Labute approximate surface area is 230 Å². The van der Waals surface area contributed by atoms with Gasteiger partial charge in [0.05, 0.1) is 26.3 Å². The number of ether oxygens (including phenoxy) is 1. The van der Waals surface area contributed by atoms with Crippen LogP contribution in [0.5, 0.6) is 5.75 Å². The van der Waals surface area contributed by atoms with Crippen molar-refractivity contribution in [1.29, 1.82) is 0 Å². The van der Waals surface area contributed by atoms with Gasteiger partial charge in [-0.3, -0.25) is 4.79 Å². The summed E-state index contributed by atoms with van der Waals surface area (Å²) in [7, 11) is 0. The Hall–Kier alpha value is -3.05. The zero-order valence-corrected chi connectivity index (χ0v) is 23.4. The van der Waals surface area contributed by atoms with Gasteiger partial charge in [-0.2, -0.15) is 9.78 Å². The lowest BCUT2D eigenvalue weighted by Crippen LogP contribution is -2.23. The topological polar surface area (TPSA) is 93.8 Å². The van der Waals surface area contributed by atoms with E-state index < -0.39 is 5.97 Å². The molecule has 36 heavy (non-hydrogen) atoms. The lowest BCUT2D eigenvalue weighted by Gasteiger charge is -2.14. The number of fused-ring (bicyclic) bond motifs is 1. The third-order valence-electron chi connectivity index (χ3n) is 5.76. The predicted octanol–water partition coefficient (Wildman–Crippen LogP) is 6.44. The summed E-state index contributed by atoms with van der Waals surface area (Å²) < 4.78 is 9.00. The molecule has 0 aliphatic rings. The highest BCUT2D eigenvalue weighted by Crippen LogP contribution is 2.24. The van der Waals surface area contributed by atoms with Crippen molar-refractivity contribution in [3.05, 3.63) is 102 Å². The van der Waals surface area contributed by atoms with E-state index in [2.05, 4.69) is 50.5 Å². The summed E-state index contributed by atoms with van der Waals surface area (Å²) in [5, 5.41) is 14.0. The Morgan fingerprint density at radius 1 is 1.19 bits per heavy atom. The molecule has 1 aromatic heterocycles. The number of rotatable bonds is 8.